The number of nitrogens with zero attached hydrogens (tertiary/aromatic N) is 1. The molecule has 0 aliphatic heterocycles. The molecule has 0 radical (unpaired) electrons. The van der Waals surface area contributed by atoms with Crippen molar-refractivity contribution in [3.8, 4) is 11.1 Å². The van der Waals surface area contributed by atoms with Crippen LogP contribution in [0.5, 0.6) is 0 Å². The fourth-order valence-electron chi connectivity index (χ4n) is 7.72. The molecule has 0 N–H and O–H groups in total. The van der Waals surface area contributed by atoms with E-state index in [2.05, 4.69) is 169 Å². The summed E-state index contributed by atoms with van der Waals surface area (Å²) in [7, 11) is 0. The molecule has 0 unspecified atom stereocenters. The summed E-state index contributed by atoms with van der Waals surface area (Å²) in [6.07, 6.45) is 0. The van der Waals surface area contributed by atoms with E-state index in [1.807, 2.05) is 22.7 Å². The highest BCUT2D eigenvalue weighted by molar-refractivity contribution is 7.26. The quantitative estimate of drug-likeness (QED) is 0.185. The predicted molar refractivity (Wildman–Crippen MR) is 217 cm³/mol. The predicted octanol–water partition coefficient (Wildman–Crippen LogP) is 14.6. The number of rotatable bonds is 4. The average molecular weight is 674 g/mol. The zero-order valence-electron chi connectivity index (χ0n) is 26.8. The molecule has 11 rings (SSSR count). The van der Waals surface area contributed by atoms with Crippen LogP contribution in [0.3, 0.4) is 0 Å². The van der Waals surface area contributed by atoms with Crippen LogP contribution in [0.25, 0.3) is 84.2 Å². The Balaban J connectivity index is 1.11. The van der Waals surface area contributed by atoms with E-state index in [0.717, 1.165) is 33.6 Å². The van der Waals surface area contributed by atoms with Gasteiger partial charge in [-0.05, 0) is 77.2 Å². The molecule has 2 nitrogen and oxygen atoms in total. The van der Waals surface area contributed by atoms with Crippen molar-refractivity contribution in [1.29, 1.82) is 0 Å². The van der Waals surface area contributed by atoms with Crippen LogP contribution >= 0.6 is 22.7 Å². The molecule has 234 valence electrons. The maximum Gasteiger partial charge on any atom is 0.143 e. The van der Waals surface area contributed by atoms with Gasteiger partial charge in [-0.15, -0.1) is 22.7 Å². The maximum absolute atomic E-state index is 6.57. The number of benzene rings is 8. The first-order chi connectivity index (χ1) is 24.8. The van der Waals surface area contributed by atoms with Gasteiger partial charge < -0.3 is 9.32 Å². The first-order valence-corrected chi connectivity index (χ1v) is 18.5. The zero-order valence-corrected chi connectivity index (χ0v) is 28.4. The van der Waals surface area contributed by atoms with Gasteiger partial charge in [0.2, 0.25) is 0 Å². The fraction of sp³-hybridized carbons (Fsp3) is 0. The molecule has 0 spiro atoms. The standard InChI is InChI=1S/C46H27NOS2/c1-2-8-28(9-3-1)29-14-17-31(18-15-29)47(32-19-22-36-35-12-6-7-13-40(35)49-42(36)26-32)33-20-23-37-43(27-33)50-41-25-24-39-44(45(37)41)38-21-16-30-10-4-5-11-34(30)46(38)48-39/h1-27H. The number of furan rings is 1. The summed E-state index contributed by atoms with van der Waals surface area (Å²) in [6.45, 7) is 0. The van der Waals surface area contributed by atoms with Crippen molar-refractivity contribution < 1.29 is 4.42 Å². The highest BCUT2D eigenvalue weighted by Gasteiger charge is 2.20. The second-order valence-electron chi connectivity index (χ2n) is 12.9. The SMILES string of the molecule is c1ccc(-c2ccc(N(c3ccc4c(c3)sc3ccccc34)c3ccc4c(c3)sc3ccc5oc6c7ccccc7ccc6c5c34)cc2)cc1. The summed E-state index contributed by atoms with van der Waals surface area (Å²) in [5.74, 6) is 0. The van der Waals surface area contributed by atoms with Gasteiger partial charge in [-0.1, -0.05) is 103 Å². The summed E-state index contributed by atoms with van der Waals surface area (Å²) in [5, 5.41) is 9.87. The Morgan fingerprint density at radius 2 is 1.00 bits per heavy atom. The van der Waals surface area contributed by atoms with E-state index in [0.29, 0.717) is 0 Å². The van der Waals surface area contributed by atoms with Gasteiger partial charge in [-0.3, -0.25) is 0 Å². The van der Waals surface area contributed by atoms with Gasteiger partial charge in [-0.2, -0.15) is 0 Å². The molecule has 0 amide bonds. The molecule has 0 aliphatic carbocycles. The summed E-state index contributed by atoms with van der Waals surface area (Å²) in [4.78, 5) is 2.40. The number of anilines is 3. The third kappa shape index (κ3) is 4.19. The van der Waals surface area contributed by atoms with Crippen LogP contribution in [0.2, 0.25) is 0 Å². The Labute approximate surface area is 295 Å². The van der Waals surface area contributed by atoms with Crippen molar-refractivity contribution in [2.24, 2.45) is 0 Å². The van der Waals surface area contributed by atoms with E-state index in [1.54, 1.807) is 0 Å². The van der Waals surface area contributed by atoms with Gasteiger partial charge in [0.05, 0.1) is 0 Å². The highest BCUT2D eigenvalue weighted by atomic mass is 32.1. The van der Waals surface area contributed by atoms with Crippen molar-refractivity contribution in [2.75, 3.05) is 4.90 Å². The van der Waals surface area contributed by atoms with Gasteiger partial charge in [0.1, 0.15) is 11.2 Å². The van der Waals surface area contributed by atoms with Crippen LogP contribution in [-0.2, 0) is 0 Å². The molecule has 0 aliphatic rings. The van der Waals surface area contributed by atoms with Crippen LogP contribution in [0, 0.1) is 0 Å². The monoisotopic (exact) mass is 673 g/mol. The van der Waals surface area contributed by atoms with E-state index in [4.69, 9.17) is 4.42 Å². The Bertz CT molecular complexity index is 3090. The highest BCUT2D eigenvalue weighted by Crippen LogP contribution is 2.47. The van der Waals surface area contributed by atoms with E-state index in [9.17, 15) is 0 Å². The first kappa shape index (κ1) is 28.0. The number of fused-ring (bicyclic) bond motifs is 12. The van der Waals surface area contributed by atoms with Crippen molar-refractivity contribution in [3.63, 3.8) is 0 Å². The van der Waals surface area contributed by atoms with Crippen molar-refractivity contribution >= 4 is 113 Å². The Hall–Kier alpha value is -5.94. The molecule has 3 heterocycles. The van der Waals surface area contributed by atoms with Crippen LogP contribution in [0.4, 0.5) is 17.1 Å². The summed E-state index contributed by atoms with van der Waals surface area (Å²) >= 11 is 3.71. The van der Waals surface area contributed by atoms with E-state index < -0.39 is 0 Å². The molecular weight excluding hydrogens is 647 g/mol. The van der Waals surface area contributed by atoms with Gasteiger partial charge in [-0.25, -0.2) is 0 Å². The minimum Gasteiger partial charge on any atom is -0.455 e. The fourth-order valence-corrected chi connectivity index (χ4v) is 10.0. The maximum atomic E-state index is 6.57. The van der Waals surface area contributed by atoms with E-state index in [-0.39, 0.29) is 0 Å². The molecule has 0 saturated heterocycles. The van der Waals surface area contributed by atoms with Gasteiger partial charge in [0.15, 0.2) is 0 Å². The molecule has 0 saturated carbocycles. The largest absolute Gasteiger partial charge is 0.455 e. The molecule has 4 heteroatoms. The smallest absolute Gasteiger partial charge is 0.143 e. The first-order valence-electron chi connectivity index (χ1n) is 16.8. The Morgan fingerprint density at radius 3 is 1.84 bits per heavy atom. The molecule has 3 aromatic heterocycles. The summed E-state index contributed by atoms with van der Waals surface area (Å²) in [6, 6.07) is 59.4. The minimum atomic E-state index is 0.935. The lowest BCUT2D eigenvalue weighted by molar-refractivity contribution is 0.673. The van der Waals surface area contributed by atoms with Gasteiger partial charge >= 0.3 is 0 Å². The molecule has 0 atom stereocenters. The lowest BCUT2D eigenvalue weighted by atomic mass is 10.0. The lowest BCUT2D eigenvalue weighted by Crippen LogP contribution is -2.09. The second-order valence-corrected chi connectivity index (χ2v) is 15.1. The summed E-state index contributed by atoms with van der Waals surface area (Å²) in [5.41, 5.74) is 7.73. The van der Waals surface area contributed by atoms with Crippen molar-refractivity contribution in [1.82, 2.24) is 0 Å². The van der Waals surface area contributed by atoms with Crippen molar-refractivity contribution in [3.05, 3.63) is 164 Å². The van der Waals surface area contributed by atoms with Gasteiger partial charge in [0, 0.05) is 73.6 Å². The topological polar surface area (TPSA) is 16.4 Å². The Morgan fingerprint density at radius 1 is 0.380 bits per heavy atom. The molecule has 50 heavy (non-hydrogen) atoms. The third-order valence-corrected chi connectivity index (χ3v) is 12.3. The van der Waals surface area contributed by atoms with Gasteiger partial charge in [0.25, 0.3) is 0 Å². The van der Waals surface area contributed by atoms with Crippen LogP contribution in [0.1, 0.15) is 0 Å². The van der Waals surface area contributed by atoms with Crippen molar-refractivity contribution in [2.45, 2.75) is 0 Å². The van der Waals surface area contributed by atoms with E-state index in [1.165, 1.54) is 67.6 Å². The molecule has 8 aromatic carbocycles. The number of hydrogen-bond acceptors (Lipinski definition) is 4. The normalized spacial score (nSPS) is 12.0. The molecule has 11 aromatic rings. The second kappa shape index (κ2) is 10.8. The lowest BCUT2D eigenvalue weighted by Gasteiger charge is -2.26. The van der Waals surface area contributed by atoms with Crippen LogP contribution < -0.4 is 4.90 Å². The van der Waals surface area contributed by atoms with E-state index >= 15 is 0 Å². The molecule has 0 bridgehead atoms. The van der Waals surface area contributed by atoms with Crippen LogP contribution in [-0.4, -0.2) is 0 Å². The molecule has 0 fully saturated rings. The third-order valence-electron chi connectivity index (χ3n) is 10.1. The zero-order chi connectivity index (χ0) is 32.8. The molecular formula is C46H27NOS2. The number of thiophene rings is 2. The average Bonchev–Trinajstić information content (AvgIpc) is 3.86. The number of hydrogen-bond donors (Lipinski definition) is 0. The Kier molecular flexibility index (Phi) is 6.03. The minimum absolute atomic E-state index is 0.935. The van der Waals surface area contributed by atoms with Crippen LogP contribution in [0.15, 0.2) is 168 Å². The summed E-state index contributed by atoms with van der Waals surface area (Å²) < 4.78 is 11.7.